The van der Waals surface area contributed by atoms with Crippen LogP contribution in [0.15, 0.2) is 16.7 Å². The molecule has 94 valence electrons. The van der Waals surface area contributed by atoms with Crippen molar-refractivity contribution in [2.45, 2.75) is 6.18 Å². The van der Waals surface area contributed by atoms with Gasteiger partial charge in [0.25, 0.3) is 0 Å². The number of rotatable bonds is 2. The lowest BCUT2D eigenvalue weighted by molar-refractivity contribution is -0.137. The Morgan fingerprint density at radius 1 is 1.47 bits per heavy atom. The minimum Gasteiger partial charge on any atom is -0.396 e. The van der Waals surface area contributed by atoms with Crippen LogP contribution in [0.1, 0.15) is 5.56 Å². The normalized spacial score (nSPS) is 17.1. The number of aliphatic hydroxyl groups is 1. The summed E-state index contributed by atoms with van der Waals surface area (Å²) in [5.74, 6) is -0.0214. The molecule has 17 heavy (non-hydrogen) atoms. The average Bonchev–Trinajstić information content (AvgIpc) is 2.17. The van der Waals surface area contributed by atoms with E-state index in [9.17, 15) is 13.2 Å². The van der Waals surface area contributed by atoms with Crippen LogP contribution in [0.4, 0.5) is 19.0 Å². The number of aromatic nitrogens is 1. The van der Waals surface area contributed by atoms with Crippen molar-refractivity contribution < 1.29 is 18.3 Å². The van der Waals surface area contributed by atoms with E-state index in [1.54, 1.807) is 0 Å². The molecule has 0 aliphatic carbocycles. The maximum Gasteiger partial charge on any atom is 0.419 e. The van der Waals surface area contributed by atoms with Crippen LogP contribution in [0.3, 0.4) is 0 Å². The van der Waals surface area contributed by atoms with E-state index in [1.165, 1.54) is 11.1 Å². The summed E-state index contributed by atoms with van der Waals surface area (Å²) in [7, 11) is 0. The van der Waals surface area contributed by atoms with Crippen molar-refractivity contribution in [3.63, 3.8) is 0 Å². The monoisotopic (exact) mass is 310 g/mol. The highest BCUT2D eigenvalue weighted by atomic mass is 79.9. The highest BCUT2D eigenvalue weighted by Gasteiger charge is 2.38. The molecule has 7 heteroatoms. The van der Waals surface area contributed by atoms with Gasteiger partial charge in [-0.05, 0) is 22.0 Å². The van der Waals surface area contributed by atoms with E-state index >= 15 is 0 Å². The zero-order valence-electron chi connectivity index (χ0n) is 8.71. The minimum atomic E-state index is -4.42. The molecule has 1 fully saturated rings. The largest absolute Gasteiger partial charge is 0.419 e. The Balaban J connectivity index is 2.28. The third kappa shape index (κ3) is 2.55. The number of hydrogen-bond donors (Lipinski definition) is 1. The summed E-state index contributed by atoms with van der Waals surface area (Å²) >= 11 is 2.98. The van der Waals surface area contributed by atoms with Crippen molar-refractivity contribution in [3.05, 3.63) is 22.3 Å². The van der Waals surface area contributed by atoms with Crippen LogP contribution >= 0.6 is 15.9 Å². The summed E-state index contributed by atoms with van der Waals surface area (Å²) < 4.78 is 38.7. The maximum atomic E-state index is 12.8. The van der Waals surface area contributed by atoms with Gasteiger partial charge in [-0.1, -0.05) is 0 Å². The van der Waals surface area contributed by atoms with Crippen LogP contribution < -0.4 is 4.90 Å². The molecule has 3 nitrogen and oxygen atoms in total. The Bertz CT molecular complexity index is 419. The Morgan fingerprint density at radius 2 is 2.12 bits per heavy atom. The fraction of sp³-hybridized carbons (Fsp3) is 0.500. The summed E-state index contributed by atoms with van der Waals surface area (Å²) in [6.45, 7) is 0.816. The average molecular weight is 311 g/mol. The fourth-order valence-corrected chi connectivity index (χ4v) is 2.08. The molecule has 0 atom stereocenters. The number of anilines is 1. The molecular weight excluding hydrogens is 301 g/mol. The predicted molar refractivity (Wildman–Crippen MR) is 59.7 cm³/mol. The predicted octanol–water partition coefficient (Wildman–Crippen LogP) is 2.29. The second kappa shape index (κ2) is 4.45. The summed E-state index contributed by atoms with van der Waals surface area (Å²) in [4.78, 5) is 5.34. The van der Waals surface area contributed by atoms with Gasteiger partial charge in [-0.3, -0.25) is 0 Å². The lowest BCUT2D eigenvalue weighted by Gasteiger charge is -2.40. The molecule has 1 aliphatic heterocycles. The van der Waals surface area contributed by atoms with Crippen molar-refractivity contribution in [1.29, 1.82) is 0 Å². The summed E-state index contributed by atoms with van der Waals surface area (Å²) in [5, 5.41) is 8.85. The van der Waals surface area contributed by atoms with Gasteiger partial charge < -0.3 is 10.0 Å². The molecule has 0 unspecified atom stereocenters. The zero-order chi connectivity index (χ0) is 12.6. The standard InChI is InChI=1S/C10H10BrF3N2O/c11-7-1-8(10(12,13)14)9(15-2-7)16-3-6(4-16)5-17/h1-2,6,17H,3-5H2. The molecule has 1 aliphatic rings. The molecule has 1 N–H and O–H groups in total. The summed E-state index contributed by atoms with van der Waals surface area (Å²) in [6.07, 6.45) is -3.08. The van der Waals surface area contributed by atoms with E-state index in [2.05, 4.69) is 20.9 Å². The van der Waals surface area contributed by atoms with Crippen molar-refractivity contribution >= 4 is 21.7 Å². The van der Waals surface area contributed by atoms with E-state index in [-0.39, 0.29) is 18.3 Å². The Labute approximate surface area is 104 Å². The van der Waals surface area contributed by atoms with Gasteiger partial charge in [-0.25, -0.2) is 4.98 Å². The van der Waals surface area contributed by atoms with Crippen LogP contribution in [-0.2, 0) is 6.18 Å². The second-order valence-electron chi connectivity index (χ2n) is 3.98. The first-order chi connectivity index (χ1) is 7.91. The molecule has 0 aromatic carbocycles. The Morgan fingerprint density at radius 3 is 2.65 bits per heavy atom. The van der Waals surface area contributed by atoms with Crippen LogP contribution in [0.5, 0.6) is 0 Å². The van der Waals surface area contributed by atoms with E-state index in [1.807, 2.05) is 0 Å². The lowest BCUT2D eigenvalue weighted by Crippen LogP contribution is -2.49. The third-order valence-electron chi connectivity index (χ3n) is 2.65. The van der Waals surface area contributed by atoms with Crippen molar-refractivity contribution in [3.8, 4) is 0 Å². The second-order valence-corrected chi connectivity index (χ2v) is 4.89. The van der Waals surface area contributed by atoms with Crippen LogP contribution in [0.25, 0.3) is 0 Å². The van der Waals surface area contributed by atoms with Crippen molar-refractivity contribution in [2.75, 3.05) is 24.6 Å². The topological polar surface area (TPSA) is 36.4 Å². The van der Waals surface area contributed by atoms with Crippen LogP contribution in [-0.4, -0.2) is 29.8 Å². The lowest BCUT2D eigenvalue weighted by atomic mass is 10.0. The van der Waals surface area contributed by atoms with E-state index in [0.29, 0.717) is 17.6 Å². The van der Waals surface area contributed by atoms with Gasteiger partial charge in [-0.2, -0.15) is 13.2 Å². The molecule has 2 rings (SSSR count). The van der Waals surface area contributed by atoms with Gasteiger partial charge in [0.2, 0.25) is 0 Å². The Hall–Kier alpha value is -0.820. The number of alkyl halides is 3. The van der Waals surface area contributed by atoms with Gasteiger partial charge in [-0.15, -0.1) is 0 Å². The quantitative estimate of drug-likeness (QED) is 0.910. The van der Waals surface area contributed by atoms with Gasteiger partial charge >= 0.3 is 6.18 Å². The number of halogens is 4. The smallest absolute Gasteiger partial charge is 0.396 e. The number of aliphatic hydroxyl groups excluding tert-OH is 1. The molecule has 0 radical (unpaired) electrons. The summed E-state index contributed by atoms with van der Waals surface area (Å²) in [5.41, 5.74) is -0.747. The third-order valence-corrected chi connectivity index (χ3v) is 3.09. The maximum absolute atomic E-state index is 12.8. The molecule has 1 aromatic heterocycles. The van der Waals surface area contributed by atoms with Crippen LogP contribution in [0, 0.1) is 5.92 Å². The van der Waals surface area contributed by atoms with E-state index < -0.39 is 11.7 Å². The molecule has 0 spiro atoms. The first-order valence-corrected chi connectivity index (χ1v) is 5.79. The van der Waals surface area contributed by atoms with Gasteiger partial charge in [0, 0.05) is 36.3 Å². The summed E-state index contributed by atoms with van der Waals surface area (Å²) in [6, 6.07) is 1.02. The zero-order valence-corrected chi connectivity index (χ0v) is 10.3. The van der Waals surface area contributed by atoms with Gasteiger partial charge in [0.05, 0.1) is 5.56 Å². The first kappa shape index (κ1) is 12.6. The minimum absolute atomic E-state index is 0.00558. The molecular formula is C10H10BrF3N2O. The first-order valence-electron chi connectivity index (χ1n) is 5.00. The highest BCUT2D eigenvalue weighted by Crippen LogP contribution is 2.38. The molecule has 0 saturated carbocycles. The van der Waals surface area contributed by atoms with Crippen LogP contribution in [0.2, 0.25) is 0 Å². The molecule has 0 amide bonds. The number of hydrogen-bond acceptors (Lipinski definition) is 3. The van der Waals surface area contributed by atoms with E-state index in [4.69, 9.17) is 5.11 Å². The molecule has 0 bridgehead atoms. The molecule has 1 saturated heterocycles. The van der Waals surface area contributed by atoms with Crippen molar-refractivity contribution in [1.82, 2.24) is 4.98 Å². The fourth-order valence-electron chi connectivity index (χ4n) is 1.75. The van der Waals surface area contributed by atoms with E-state index in [0.717, 1.165) is 6.07 Å². The number of pyridine rings is 1. The highest BCUT2D eigenvalue weighted by molar-refractivity contribution is 9.10. The molecule has 1 aromatic rings. The SMILES string of the molecule is OCC1CN(c2ncc(Br)cc2C(F)(F)F)C1. The number of nitrogens with zero attached hydrogens (tertiary/aromatic N) is 2. The van der Waals surface area contributed by atoms with Gasteiger partial charge in [0.1, 0.15) is 5.82 Å². The van der Waals surface area contributed by atoms with Gasteiger partial charge in [0.15, 0.2) is 0 Å². The Kier molecular flexibility index (Phi) is 3.31. The molecule has 2 heterocycles. The van der Waals surface area contributed by atoms with Crippen molar-refractivity contribution in [2.24, 2.45) is 5.92 Å².